The van der Waals surface area contributed by atoms with E-state index in [9.17, 15) is 4.79 Å². The molecule has 0 aliphatic heterocycles. The van der Waals surface area contributed by atoms with Crippen molar-refractivity contribution in [1.29, 1.82) is 0 Å². The van der Waals surface area contributed by atoms with Gasteiger partial charge in [-0.15, -0.1) is 0 Å². The summed E-state index contributed by atoms with van der Waals surface area (Å²) in [6.07, 6.45) is 1.51. The SMILES string of the molecule is CCC(=O)NC.CCCN=[N+]=[N-].COC(C)(C)C.COCC1c2ccccc2-c2ccccc21.COc1ccccc1P(c1ccccc1)c1ccccc1. The Kier molecular flexibility index (Phi) is 21.8. The highest BCUT2D eigenvalue weighted by Crippen LogP contribution is 2.44. The first kappa shape index (κ1) is 46.2. The van der Waals surface area contributed by atoms with Gasteiger partial charge in [0.2, 0.25) is 5.91 Å². The number of hydrogen-bond donors (Lipinski definition) is 1. The van der Waals surface area contributed by atoms with Gasteiger partial charge in [0, 0.05) is 50.4 Å². The number of carbonyl (C=O) groups excluding carboxylic acids is 1. The van der Waals surface area contributed by atoms with E-state index in [0.29, 0.717) is 18.9 Å². The van der Waals surface area contributed by atoms with Crippen molar-refractivity contribution in [2.24, 2.45) is 5.11 Å². The van der Waals surface area contributed by atoms with Crippen LogP contribution < -0.4 is 26.0 Å². The average molecular weight is 763 g/mol. The van der Waals surface area contributed by atoms with Crippen LogP contribution in [0.1, 0.15) is 64.5 Å². The summed E-state index contributed by atoms with van der Waals surface area (Å²) < 4.78 is 15.9. The number of amides is 1. The van der Waals surface area contributed by atoms with Gasteiger partial charge in [-0.1, -0.05) is 153 Å². The lowest BCUT2D eigenvalue weighted by molar-refractivity contribution is -0.120. The van der Waals surface area contributed by atoms with Crippen molar-refractivity contribution in [3.63, 3.8) is 0 Å². The molecule has 6 rings (SSSR count). The van der Waals surface area contributed by atoms with Crippen LogP contribution in [-0.4, -0.2) is 53.0 Å². The topological polar surface area (TPSA) is 106 Å². The minimum absolute atomic E-state index is 0.0417. The van der Waals surface area contributed by atoms with E-state index in [1.54, 1.807) is 28.4 Å². The third kappa shape index (κ3) is 15.7. The van der Waals surface area contributed by atoms with E-state index < -0.39 is 7.92 Å². The summed E-state index contributed by atoms with van der Waals surface area (Å²) in [5, 5.41) is 9.68. The molecule has 0 bridgehead atoms. The van der Waals surface area contributed by atoms with Crippen molar-refractivity contribution < 1.29 is 19.0 Å². The molecule has 1 aliphatic carbocycles. The van der Waals surface area contributed by atoms with Crippen LogP contribution >= 0.6 is 7.92 Å². The fourth-order valence-corrected chi connectivity index (χ4v) is 7.74. The van der Waals surface area contributed by atoms with Gasteiger partial charge in [0.05, 0.1) is 19.3 Å². The number of para-hydroxylation sites is 1. The van der Waals surface area contributed by atoms with E-state index in [-0.39, 0.29) is 11.5 Å². The maximum atomic E-state index is 10.1. The summed E-state index contributed by atoms with van der Waals surface area (Å²) in [4.78, 5) is 12.6. The maximum absolute atomic E-state index is 10.1. The van der Waals surface area contributed by atoms with Gasteiger partial charge in [-0.2, -0.15) is 0 Å². The predicted molar refractivity (Wildman–Crippen MR) is 233 cm³/mol. The van der Waals surface area contributed by atoms with Gasteiger partial charge in [-0.05, 0) is 73.2 Å². The summed E-state index contributed by atoms with van der Waals surface area (Å²) in [7, 11) is 6.25. The van der Waals surface area contributed by atoms with Crippen LogP contribution in [0.3, 0.4) is 0 Å². The number of nitrogens with one attached hydrogen (secondary N) is 1. The normalized spacial score (nSPS) is 10.9. The molecule has 5 aromatic carbocycles. The molecule has 0 spiro atoms. The van der Waals surface area contributed by atoms with Gasteiger partial charge in [-0.25, -0.2) is 0 Å². The molecule has 1 aliphatic rings. The van der Waals surface area contributed by atoms with E-state index in [4.69, 9.17) is 19.7 Å². The molecule has 0 unspecified atom stereocenters. The average Bonchev–Trinajstić information content (AvgIpc) is 3.55. The Hall–Kier alpha value is -4.97. The summed E-state index contributed by atoms with van der Waals surface area (Å²) in [5.41, 5.74) is 13.2. The number of ether oxygens (including phenoxy) is 3. The highest BCUT2D eigenvalue weighted by molar-refractivity contribution is 7.80. The fourth-order valence-electron chi connectivity index (χ4n) is 5.32. The highest BCUT2D eigenvalue weighted by Gasteiger charge is 2.27. The Bertz CT molecular complexity index is 1770. The second kappa shape index (κ2) is 25.9. The molecular formula is C46H59N4O4P. The number of carbonyl (C=O) groups is 1. The van der Waals surface area contributed by atoms with Crippen LogP contribution in [0.4, 0.5) is 0 Å². The Balaban J connectivity index is 0.000000270. The number of fused-ring (bicyclic) bond motifs is 3. The monoisotopic (exact) mass is 762 g/mol. The van der Waals surface area contributed by atoms with Crippen molar-refractivity contribution in [2.75, 3.05) is 41.5 Å². The molecule has 0 fully saturated rings. The first-order valence-corrected chi connectivity index (χ1v) is 19.9. The summed E-state index contributed by atoms with van der Waals surface area (Å²) in [6, 6.07) is 46.9. The molecular weight excluding hydrogens is 704 g/mol. The Morgan fingerprint density at radius 2 is 1.20 bits per heavy atom. The van der Waals surface area contributed by atoms with Crippen molar-refractivity contribution in [2.45, 2.75) is 59.0 Å². The molecule has 5 aromatic rings. The summed E-state index contributed by atoms with van der Waals surface area (Å²) >= 11 is 0. The van der Waals surface area contributed by atoms with Crippen LogP contribution in [0.15, 0.2) is 139 Å². The first-order chi connectivity index (χ1) is 26.6. The summed E-state index contributed by atoms with van der Waals surface area (Å²) in [5.74, 6) is 1.45. The second-order valence-corrected chi connectivity index (χ2v) is 15.3. The quantitative estimate of drug-likeness (QED) is 0.0698. The highest BCUT2D eigenvalue weighted by atomic mass is 31.1. The minimum atomic E-state index is -0.598. The van der Waals surface area contributed by atoms with Crippen LogP contribution in [-0.2, 0) is 14.3 Å². The van der Waals surface area contributed by atoms with E-state index in [2.05, 4.69) is 137 Å². The van der Waals surface area contributed by atoms with E-state index >= 15 is 0 Å². The lowest BCUT2D eigenvalue weighted by Gasteiger charge is -2.21. The Morgan fingerprint density at radius 3 is 1.56 bits per heavy atom. The molecule has 55 heavy (non-hydrogen) atoms. The van der Waals surface area contributed by atoms with Gasteiger partial charge < -0.3 is 19.5 Å². The number of methoxy groups -OCH3 is 3. The molecule has 0 saturated heterocycles. The first-order valence-electron chi connectivity index (χ1n) is 18.6. The van der Waals surface area contributed by atoms with Gasteiger partial charge >= 0.3 is 0 Å². The Labute approximate surface area is 330 Å². The smallest absolute Gasteiger partial charge is 0.219 e. The standard InChI is InChI=1S/C19H17OP.C15H14O.C5H12O.C4H9NO.C3H7N3/c1-20-18-14-8-9-15-19(18)21(16-10-4-2-5-11-16)17-12-6-3-7-13-17;1-16-10-15-13-8-4-2-6-11(13)12-7-3-5-9-14(12)15;1-5(2,3)6-4;1-3-4(6)5-2;1-2-3-5-6-4/h2-15H,1H3;2-9,15H,10H2,1H3;1-4H3;3H2,1-2H3,(H,5,6);2-3H2,1H3. The molecule has 292 valence electrons. The largest absolute Gasteiger partial charge is 0.496 e. The number of benzene rings is 5. The third-order valence-corrected chi connectivity index (χ3v) is 10.7. The molecule has 9 heteroatoms. The minimum Gasteiger partial charge on any atom is -0.496 e. The zero-order valence-corrected chi connectivity index (χ0v) is 34.9. The van der Waals surface area contributed by atoms with Gasteiger partial charge in [-0.3, -0.25) is 4.79 Å². The Morgan fingerprint density at radius 1 is 0.745 bits per heavy atom. The second-order valence-electron chi connectivity index (χ2n) is 13.2. The lowest BCUT2D eigenvalue weighted by Crippen LogP contribution is -2.21. The zero-order valence-electron chi connectivity index (χ0n) is 34.0. The fraction of sp³-hybridized carbons (Fsp3) is 0.326. The third-order valence-electron chi connectivity index (χ3n) is 8.25. The molecule has 0 radical (unpaired) electrons. The van der Waals surface area contributed by atoms with Crippen molar-refractivity contribution in [3.05, 3.63) is 155 Å². The molecule has 0 aromatic heterocycles. The number of rotatable bonds is 9. The van der Waals surface area contributed by atoms with Crippen molar-refractivity contribution in [3.8, 4) is 16.9 Å². The lowest BCUT2D eigenvalue weighted by atomic mass is 9.98. The van der Waals surface area contributed by atoms with Gasteiger partial charge in [0.25, 0.3) is 0 Å². The molecule has 8 nitrogen and oxygen atoms in total. The summed E-state index contributed by atoms with van der Waals surface area (Å²) in [6.45, 7) is 11.2. The van der Waals surface area contributed by atoms with Crippen molar-refractivity contribution in [1.82, 2.24) is 5.32 Å². The van der Waals surface area contributed by atoms with E-state index in [1.807, 2.05) is 46.8 Å². The van der Waals surface area contributed by atoms with Crippen LogP contribution in [0.2, 0.25) is 0 Å². The molecule has 0 atom stereocenters. The van der Waals surface area contributed by atoms with Gasteiger partial charge in [0.1, 0.15) is 5.75 Å². The van der Waals surface area contributed by atoms with Crippen LogP contribution in [0.25, 0.3) is 21.6 Å². The number of azide groups is 1. The van der Waals surface area contributed by atoms with Crippen LogP contribution in [0, 0.1) is 0 Å². The molecule has 1 amide bonds. The number of nitrogens with zero attached hydrogens (tertiary/aromatic N) is 3. The van der Waals surface area contributed by atoms with Crippen molar-refractivity contribution >= 4 is 29.7 Å². The maximum Gasteiger partial charge on any atom is 0.219 e. The van der Waals surface area contributed by atoms with E-state index in [0.717, 1.165) is 18.8 Å². The predicted octanol–water partition coefficient (Wildman–Crippen LogP) is 10.2. The molecule has 0 saturated carbocycles. The molecule has 1 N–H and O–H groups in total. The van der Waals surface area contributed by atoms with E-state index in [1.165, 1.54) is 38.2 Å². The van der Waals surface area contributed by atoms with Crippen LogP contribution in [0.5, 0.6) is 5.75 Å². The zero-order chi connectivity index (χ0) is 40.5. The number of hydrogen-bond acceptors (Lipinski definition) is 5. The molecule has 0 heterocycles. The van der Waals surface area contributed by atoms with Gasteiger partial charge in [0.15, 0.2) is 0 Å².